The van der Waals surface area contributed by atoms with Gasteiger partial charge < -0.3 is 5.32 Å². The van der Waals surface area contributed by atoms with Gasteiger partial charge in [0, 0.05) is 18.8 Å². The molecule has 2 N–H and O–H groups in total. The summed E-state index contributed by atoms with van der Waals surface area (Å²) in [7, 11) is -7.26. The number of para-hydroxylation sites is 1. The summed E-state index contributed by atoms with van der Waals surface area (Å²) in [5.41, 5.74) is 1.11. The van der Waals surface area contributed by atoms with Crippen LogP contribution in [-0.4, -0.2) is 46.4 Å². The Balaban J connectivity index is 2.39. The highest BCUT2D eigenvalue weighted by molar-refractivity contribution is 7.92. The van der Waals surface area contributed by atoms with Gasteiger partial charge in [0.05, 0.1) is 22.4 Å². The number of hydrogen-bond donors (Lipinski definition) is 2. The van der Waals surface area contributed by atoms with E-state index in [9.17, 15) is 21.6 Å². The largest absolute Gasteiger partial charge is 0.322 e. The van der Waals surface area contributed by atoms with Crippen LogP contribution in [-0.2, 0) is 20.0 Å². The van der Waals surface area contributed by atoms with E-state index in [1.807, 2.05) is 0 Å². The molecule has 8 nitrogen and oxygen atoms in total. The molecular weight excluding hydrogens is 414 g/mol. The molecular formula is C19H25N3O5S2. The van der Waals surface area contributed by atoms with E-state index >= 15 is 0 Å². The molecule has 2 aromatic carbocycles. The van der Waals surface area contributed by atoms with Crippen LogP contribution in [0.3, 0.4) is 0 Å². The minimum Gasteiger partial charge on any atom is -0.322 e. The van der Waals surface area contributed by atoms with Gasteiger partial charge in [-0.15, -0.1) is 0 Å². The molecule has 10 heteroatoms. The van der Waals surface area contributed by atoms with E-state index in [0.29, 0.717) is 24.3 Å². The normalized spacial score (nSPS) is 12.0. The van der Waals surface area contributed by atoms with Crippen molar-refractivity contribution in [3.8, 4) is 0 Å². The number of hydrogen-bond acceptors (Lipinski definition) is 5. The zero-order valence-corrected chi connectivity index (χ0v) is 18.4. The smallest absolute Gasteiger partial charge is 0.257 e. The highest BCUT2D eigenvalue weighted by Gasteiger charge is 2.24. The Labute approximate surface area is 172 Å². The molecule has 0 aromatic heterocycles. The van der Waals surface area contributed by atoms with E-state index in [-0.39, 0.29) is 16.1 Å². The molecule has 29 heavy (non-hydrogen) atoms. The fraction of sp³-hybridized carbons (Fsp3) is 0.316. The molecule has 0 bridgehead atoms. The lowest BCUT2D eigenvalue weighted by atomic mass is 10.1. The summed E-state index contributed by atoms with van der Waals surface area (Å²) >= 11 is 0. The van der Waals surface area contributed by atoms with Crippen molar-refractivity contribution in [3.05, 3.63) is 53.6 Å². The molecule has 0 saturated heterocycles. The molecule has 0 heterocycles. The van der Waals surface area contributed by atoms with Gasteiger partial charge in [-0.2, -0.15) is 4.31 Å². The molecule has 0 fully saturated rings. The van der Waals surface area contributed by atoms with Gasteiger partial charge in [0.25, 0.3) is 5.91 Å². The molecule has 1 amide bonds. The summed E-state index contributed by atoms with van der Waals surface area (Å²) in [4.78, 5) is 12.8. The summed E-state index contributed by atoms with van der Waals surface area (Å²) in [6, 6.07) is 10.8. The molecule has 158 valence electrons. The molecule has 0 aliphatic carbocycles. The summed E-state index contributed by atoms with van der Waals surface area (Å²) in [5.74, 6) is -0.563. The maximum Gasteiger partial charge on any atom is 0.257 e. The maximum atomic E-state index is 12.9. The first-order valence-electron chi connectivity index (χ1n) is 8.98. The Kier molecular flexibility index (Phi) is 7.04. The van der Waals surface area contributed by atoms with E-state index in [1.54, 1.807) is 45.0 Å². The van der Waals surface area contributed by atoms with Gasteiger partial charge in [-0.25, -0.2) is 16.8 Å². The second-order valence-electron chi connectivity index (χ2n) is 6.44. The van der Waals surface area contributed by atoms with Gasteiger partial charge >= 0.3 is 0 Å². The van der Waals surface area contributed by atoms with Crippen molar-refractivity contribution in [1.29, 1.82) is 0 Å². The van der Waals surface area contributed by atoms with Gasteiger partial charge in [0.2, 0.25) is 20.0 Å². The zero-order chi connectivity index (χ0) is 21.8. The van der Waals surface area contributed by atoms with Crippen molar-refractivity contribution in [3.63, 3.8) is 0 Å². The number of sulfonamides is 2. The van der Waals surface area contributed by atoms with Crippen LogP contribution in [0.2, 0.25) is 0 Å². The summed E-state index contributed by atoms with van der Waals surface area (Å²) < 4.78 is 52.4. The first-order valence-corrected chi connectivity index (χ1v) is 12.3. The average Bonchev–Trinajstić information content (AvgIpc) is 2.63. The Morgan fingerprint density at radius 2 is 1.62 bits per heavy atom. The van der Waals surface area contributed by atoms with Crippen LogP contribution in [0.4, 0.5) is 11.4 Å². The lowest BCUT2D eigenvalue weighted by Crippen LogP contribution is -2.31. The van der Waals surface area contributed by atoms with E-state index in [4.69, 9.17) is 0 Å². The highest BCUT2D eigenvalue weighted by atomic mass is 32.2. The molecule has 2 rings (SSSR count). The molecule has 0 atom stereocenters. The Bertz CT molecular complexity index is 1110. The lowest BCUT2D eigenvalue weighted by Gasteiger charge is -2.20. The second kappa shape index (κ2) is 8.93. The third-order valence-corrected chi connectivity index (χ3v) is 7.02. The van der Waals surface area contributed by atoms with E-state index in [0.717, 1.165) is 6.26 Å². The van der Waals surface area contributed by atoms with Gasteiger partial charge in [0.15, 0.2) is 0 Å². The number of anilines is 2. The van der Waals surface area contributed by atoms with Crippen LogP contribution in [0.25, 0.3) is 0 Å². The molecule has 0 aliphatic rings. The Morgan fingerprint density at radius 1 is 1.00 bits per heavy atom. The van der Waals surface area contributed by atoms with Crippen molar-refractivity contribution < 1.29 is 21.6 Å². The van der Waals surface area contributed by atoms with Crippen LogP contribution in [0.1, 0.15) is 29.8 Å². The summed E-state index contributed by atoms with van der Waals surface area (Å²) in [6.07, 6.45) is 0.992. The number of carbonyl (C=O) groups is 1. The molecule has 0 radical (unpaired) electrons. The number of nitrogens with one attached hydrogen (secondary N) is 2. The van der Waals surface area contributed by atoms with Gasteiger partial charge in [-0.05, 0) is 36.8 Å². The third kappa shape index (κ3) is 5.55. The molecule has 2 aromatic rings. The number of rotatable bonds is 8. The van der Waals surface area contributed by atoms with Crippen LogP contribution in [0.15, 0.2) is 47.4 Å². The number of carbonyl (C=O) groups excluding carboxylic acids is 1. The minimum atomic E-state index is -3.70. The van der Waals surface area contributed by atoms with E-state index < -0.39 is 26.0 Å². The first kappa shape index (κ1) is 22.9. The first-order chi connectivity index (χ1) is 13.5. The Hall–Kier alpha value is -2.43. The van der Waals surface area contributed by atoms with Crippen LogP contribution < -0.4 is 10.0 Å². The van der Waals surface area contributed by atoms with Gasteiger partial charge in [0.1, 0.15) is 0 Å². The predicted molar refractivity (Wildman–Crippen MR) is 114 cm³/mol. The maximum absolute atomic E-state index is 12.9. The number of aryl methyl sites for hydroxylation is 1. The monoisotopic (exact) mass is 439 g/mol. The molecule has 0 unspecified atom stereocenters. The predicted octanol–water partition coefficient (Wildman–Crippen LogP) is 2.65. The summed E-state index contributed by atoms with van der Waals surface area (Å²) in [5, 5.41) is 2.64. The van der Waals surface area contributed by atoms with Crippen molar-refractivity contribution in [2.45, 2.75) is 25.7 Å². The molecule has 0 aliphatic heterocycles. The quantitative estimate of drug-likeness (QED) is 0.657. The topological polar surface area (TPSA) is 113 Å². The standard InChI is InChI=1S/C19H25N3O5S2/c1-5-22(6-2)29(26,27)18-13-15(12-11-14(18)3)20-19(23)16-9-7-8-10-17(16)21-28(4,24)25/h7-13,21H,5-6H2,1-4H3,(H,20,23). The van der Waals surface area contributed by atoms with Crippen molar-refractivity contribution in [1.82, 2.24) is 4.31 Å². The van der Waals surface area contributed by atoms with Crippen molar-refractivity contribution >= 4 is 37.3 Å². The van der Waals surface area contributed by atoms with E-state index in [1.165, 1.54) is 22.5 Å². The van der Waals surface area contributed by atoms with Crippen molar-refractivity contribution in [2.24, 2.45) is 0 Å². The highest BCUT2D eigenvalue weighted by Crippen LogP contribution is 2.25. The third-order valence-electron chi connectivity index (χ3n) is 4.24. The SMILES string of the molecule is CCN(CC)S(=O)(=O)c1cc(NC(=O)c2ccccc2NS(C)(=O)=O)ccc1C. The zero-order valence-electron chi connectivity index (χ0n) is 16.8. The number of benzene rings is 2. The van der Waals surface area contributed by atoms with Gasteiger partial charge in [-0.3, -0.25) is 9.52 Å². The van der Waals surface area contributed by atoms with Gasteiger partial charge in [-0.1, -0.05) is 32.0 Å². The molecule has 0 saturated carbocycles. The number of nitrogens with zero attached hydrogens (tertiary/aromatic N) is 1. The average molecular weight is 440 g/mol. The molecule has 0 spiro atoms. The Morgan fingerprint density at radius 3 is 2.21 bits per heavy atom. The number of amides is 1. The second-order valence-corrected chi connectivity index (χ2v) is 10.1. The fourth-order valence-electron chi connectivity index (χ4n) is 2.83. The summed E-state index contributed by atoms with van der Waals surface area (Å²) in [6.45, 7) is 5.87. The fourth-order valence-corrected chi connectivity index (χ4v) is 5.11. The lowest BCUT2D eigenvalue weighted by molar-refractivity contribution is 0.102. The van der Waals surface area contributed by atoms with Crippen LogP contribution >= 0.6 is 0 Å². The van der Waals surface area contributed by atoms with Crippen LogP contribution in [0.5, 0.6) is 0 Å². The van der Waals surface area contributed by atoms with Crippen molar-refractivity contribution in [2.75, 3.05) is 29.4 Å². The minimum absolute atomic E-state index is 0.113. The van der Waals surface area contributed by atoms with E-state index in [2.05, 4.69) is 10.0 Å². The van der Waals surface area contributed by atoms with Crippen LogP contribution in [0, 0.1) is 6.92 Å².